The summed E-state index contributed by atoms with van der Waals surface area (Å²) < 4.78 is 0. The van der Waals surface area contributed by atoms with Gasteiger partial charge in [-0.25, -0.2) is 0 Å². The Bertz CT molecular complexity index is 5320. The van der Waals surface area contributed by atoms with Crippen molar-refractivity contribution in [2.24, 2.45) is 41.4 Å². The van der Waals surface area contributed by atoms with E-state index in [1.54, 1.807) is 0 Å². The molecule has 3 N–H and O–H groups in total. The van der Waals surface area contributed by atoms with Gasteiger partial charge in [0.15, 0.2) is 17.3 Å². The van der Waals surface area contributed by atoms with Crippen molar-refractivity contribution in [2.45, 2.75) is 242 Å². The number of aryl methyl sites for hydroxylation is 6. The fourth-order valence-electron chi connectivity index (χ4n) is 15.8. The zero-order valence-electron chi connectivity index (χ0n) is 79.6. The van der Waals surface area contributed by atoms with Crippen LogP contribution in [0.1, 0.15) is 238 Å². The number of hydrogen-bond donors (Lipinski definition) is 3. The number of pyridine rings is 3. The molecule has 127 heavy (non-hydrogen) atoms. The second-order valence-corrected chi connectivity index (χ2v) is 34.0. The van der Waals surface area contributed by atoms with Crippen molar-refractivity contribution in [3.05, 3.63) is 304 Å². The molecule has 0 amide bonds. The Morgan fingerprint density at radius 1 is 0.307 bits per heavy atom. The van der Waals surface area contributed by atoms with Gasteiger partial charge in [-0.15, -0.1) is 105 Å². The Balaban J connectivity index is 0.000000325. The molecular formula is C115H140Ir3N3O6-3. The first-order chi connectivity index (χ1) is 59.5. The van der Waals surface area contributed by atoms with Crippen molar-refractivity contribution in [1.82, 2.24) is 15.0 Å². The van der Waals surface area contributed by atoms with Crippen LogP contribution in [0.5, 0.6) is 0 Å². The summed E-state index contributed by atoms with van der Waals surface area (Å²) in [6.45, 7) is 45.8. The Morgan fingerprint density at radius 3 is 0.811 bits per heavy atom. The summed E-state index contributed by atoms with van der Waals surface area (Å²) in [5.74, 6) is 2.87. The minimum Gasteiger partial charge on any atom is -0.512 e. The average molecular weight is 2240 g/mol. The van der Waals surface area contributed by atoms with E-state index in [0.717, 1.165) is 167 Å². The Labute approximate surface area is 803 Å². The Kier molecular flexibility index (Phi) is 48.8. The fraction of sp³-hybridized carbons (Fsp3) is 0.374. The first-order valence-electron chi connectivity index (χ1n) is 45.8. The largest absolute Gasteiger partial charge is 0.512 e. The van der Waals surface area contributed by atoms with Gasteiger partial charge in [0.25, 0.3) is 0 Å². The van der Waals surface area contributed by atoms with Crippen molar-refractivity contribution < 1.29 is 90.0 Å². The van der Waals surface area contributed by atoms with Crippen LogP contribution in [-0.4, -0.2) is 47.6 Å². The quantitative estimate of drug-likeness (QED) is 0.0227. The molecule has 0 atom stereocenters. The second kappa shape index (κ2) is 56.3. The molecule has 9 nitrogen and oxygen atoms in total. The molecule has 0 aliphatic heterocycles. The van der Waals surface area contributed by atoms with Crippen LogP contribution in [0.2, 0.25) is 0 Å². The van der Waals surface area contributed by atoms with Gasteiger partial charge in [0.05, 0.1) is 33.8 Å². The topological polar surface area (TPSA) is 151 Å². The average Bonchev–Trinajstić information content (AvgIpc) is 0.804. The van der Waals surface area contributed by atoms with Gasteiger partial charge in [-0.2, -0.15) is 0 Å². The van der Waals surface area contributed by atoms with Crippen LogP contribution in [-0.2, 0) is 81.1 Å². The van der Waals surface area contributed by atoms with Crippen LogP contribution >= 0.6 is 0 Å². The third-order valence-corrected chi connectivity index (χ3v) is 23.5. The number of aliphatic hydroxyl groups excluding tert-OH is 3. The van der Waals surface area contributed by atoms with E-state index in [0.29, 0.717) is 11.8 Å². The van der Waals surface area contributed by atoms with Crippen LogP contribution in [0, 0.1) is 101 Å². The van der Waals surface area contributed by atoms with E-state index in [1.807, 2.05) is 89.2 Å². The summed E-state index contributed by atoms with van der Waals surface area (Å²) in [6, 6.07) is 83.6. The second-order valence-electron chi connectivity index (χ2n) is 34.0. The van der Waals surface area contributed by atoms with Crippen LogP contribution < -0.4 is 0 Å². The molecule has 0 saturated heterocycles. The maximum atomic E-state index is 11.7. The molecule has 12 aromatic rings. The first kappa shape index (κ1) is 110. The van der Waals surface area contributed by atoms with Crippen LogP contribution in [0.4, 0.5) is 0 Å². The maximum absolute atomic E-state index is 11.7. The minimum atomic E-state index is 0. The van der Waals surface area contributed by atoms with Crippen molar-refractivity contribution in [1.29, 1.82) is 0 Å². The summed E-state index contributed by atoms with van der Waals surface area (Å²) in [5, 5.41) is 32.8. The monoisotopic (exact) mass is 2240 g/mol. The maximum Gasteiger partial charge on any atom is 0.162 e. The number of benzene rings is 9. The number of aliphatic hydroxyl groups is 3. The standard InChI is InChI=1S/C27H26N.C26H24N.C23H18N.3C13H24O2.3Ir/c1-18(2)13-21-5-7-22(8-6-21)24-10-9-23-11-12-26(28-27(23)17-24)25-15-19(3)14-20(4)16-25;1-17(2)20-5-7-21(8-6-20)23-10-9-22-11-12-25(27-26(22)16-23)24-14-18(3)13-19(4)15-24;1-16-12-17(2)14-21(13-16)22-11-10-19-8-9-20(15-23(19)24-22)18-6-4-3-5-7-18;3*1-5-10(6-2)12(14)9-13(15)11(7-3)8-4;;;/h5-12,14-15,17-18H,13H2,1-4H3;5-14,16-17H,1-4H3;3-13,15H,1-2H3;3*9-11,14H,5-8H2,1-4H3;;;/q3*-1;;;;;;. The zero-order chi connectivity index (χ0) is 90.7. The molecule has 0 saturated carbocycles. The number of hydrogen-bond acceptors (Lipinski definition) is 9. The predicted octanol–water partition coefficient (Wildman–Crippen LogP) is 31.9. The zero-order valence-corrected chi connectivity index (χ0v) is 86.8. The van der Waals surface area contributed by atoms with Gasteiger partial charge in [0.1, 0.15) is 0 Å². The van der Waals surface area contributed by atoms with Gasteiger partial charge >= 0.3 is 0 Å². The Hall–Kier alpha value is -9.21. The van der Waals surface area contributed by atoms with E-state index in [2.05, 4.69) is 288 Å². The van der Waals surface area contributed by atoms with Crippen LogP contribution in [0.3, 0.4) is 0 Å². The summed E-state index contributed by atoms with van der Waals surface area (Å²) in [6.07, 6.45) is 15.8. The van der Waals surface area contributed by atoms with Gasteiger partial charge in [0, 0.05) is 114 Å². The number of rotatable bonds is 30. The van der Waals surface area contributed by atoms with E-state index < -0.39 is 0 Å². The van der Waals surface area contributed by atoms with Crippen molar-refractivity contribution in [3.63, 3.8) is 0 Å². The van der Waals surface area contributed by atoms with Crippen molar-refractivity contribution >= 4 is 50.1 Å². The third-order valence-electron chi connectivity index (χ3n) is 23.5. The fourth-order valence-corrected chi connectivity index (χ4v) is 15.8. The van der Waals surface area contributed by atoms with Gasteiger partial charge in [0.2, 0.25) is 0 Å². The number of nitrogens with zero attached hydrogens (tertiary/aromatic N) is 3. The first-order valence-corrected chi connectivity index (χ1v) is 45.8. The van der Waals surface area contributed by atoms with Gasteiger partial charge in [-0.1, -0.05) is 304 Å². The molecule has 0 aliphatic carbocycles. The summed E-state index contributed by atoms with van der Waals surface area (Å²) in [7, 11) is 0. The Morgan fingerprint density at radius 2 is 0.559 bits per heavy atom. The van der Waals surface area contributed by atoms with Crippen molar-refractivity contribution in [2.75, 3.05) is 0 Å². The number of aromatic nitrogens is 3. The predicted molar refractivity (Wildman–Crippen MR) is 527 cm³/mol. The molecule has 0 unspecified atom stereocenters. The van der Waals surface area contributed by atoms with Crippen LogP contribution in [0.15, 0.2) is 242 Å². The molecule has 0 fully saturated rings. The molecule has 0 bridgehead atoms. The molecular weight excluding hydrogens is 2100 g/mol. The molecule has 9 aromatic carbocycles. The minimum absolute atomic E-state index is 0. The number of carbonyl (C=O) groups is 3. The molecule has 3 aromatic heterocycles. The smallest absolute Gasteiger partial charge is 0.162 e. The van der Waals surface area contributed by atoms with E-state index in [4.69, 9.17) is 15.0 Å². The number of allylic oxidation sites excluding steroid dienone is 6. The number of carbonyl (C=O) groups excluding carboxylic acids is 3. The van der Waals surface area contributed by atoms with Crippen molar-refractivity contribution in [3.8, 4) is 67.2 Å². The summed E-state index contributed by atoms with van der Waals surface area (Å²) >= 11 is 0. The van der Waals surface area contributed by atoms with E-state index in [9.17, 15) is 29.7 Å². The molecule has 0 aliphatic rings. The summed E-state index contributed by atoms with van der Waals surface area (Å²) in [5.41, 5.74) is 26.3. The SMILES string of the molecule is CCC(CC)C(=O)C=C(O)C(CC)CC.CCC(CC)C(=O)C=C(O)C(CC)CC.CCC(CC)C(=O)C=C(O)C(CC)CC.Cc1[c-]c(-c2ccc3ccc(-c4ccc(C(C)C)cc4)cc3n2)cc(C)c1.Cc1[c-]c(-c2ccc3ccc(-c4ccc(CC(C)C)cc4)cc3n2)cc(C)c1.Cc1[c-]c(-c2ccc3ccc(-c4ccccc4)cc3n2)cc(C)c1.[Ir].[Ir].[Ir]. The molecule has 12 rings (SSSR count). The third kappa shape index (κ3) is 34.0. The van der Waals surface area contributed by atoms with E-state index in [-0.39, 0.29) is 130 Å². The number of ketones is 3. The van der Waals surface area contributed by atoms with Gasteiger partial charge in [-0.05, 0) is 191 Å². The molecule has 681 valence electrons. The molecule has 0 spiro atoms. The normalized spacial score (nSPS) is 11.4. The van der Waals surface area contributed by atoms with Gasteiger partial charge in [-0.3, -0.25) is 29.3 Å². The molecule has 12 heteroatoms. The van der Waals surface area contributed by atoms with Gasteiger partial charge < -0.3 is 15.3 Å². The number of fused-ring (bicyclic) bond motifs is 3. The van der Waals surface area contributed by atoms with Crippen LogP contribution in [0.25, 0.3) is 99.9 Å². The van der Waals surface area contributed by atoms with E-state index >= 15 is 0 Å². The summed E-state index contributed by atoms with van der Waals surface area (Å²) in [4.78, 5) is 49.9. The molecule has 3 radical (unpaired) electrons. The van der Waals surface area contributed by atoms with E-state index in [1.165, 1.54) is 79.4 Å². The molecule has 3 heterocycles.